The van der Waals surface area contributed by atoms with Crippen molar-refractivity contribution < 1.29 is 4.74 Å². The molecule has 3 aromatic rings. The number of para-hydroxylation sites is 1. The molecular formula is C17H18ClN5O. The number of benzene rings is 1. The lowest BCUT2D eigenvalue weighted by Gasteiger charge is -2.36. The zero-order valence-electron chi connectivity index (χ0n) is 13.6. The smallest absolute Gasteiger partial charge is 0.168 e. The second-order valence-corrected chi connectivity index (χ2v) is 6.51. The molecule has 3 heterocycles. The van der Waals surface area contributed by atoms with Crippen LogP contribution in [0.25, 0.3) is 16.7 Å². The van der Waals surface area contributed by atoms with Gasteiger partial charge in [-0.05, 0) is 26.0 Å². The molecule has 1 aromatic carbocycles. The van der Waals surface area contributed by atoms with Crippen LogP contribution in [0.2, 0.25) is 5.02 Å². The van der Waals surface area contributed by atoms with Crippen molar-refractivity contribution in [2.75, 3.05) is 18.0 Å². The van der Waals surface area contributed by atoms with Crippen LogP contribution >= 0.6 is 11.6 Å². The summed E-state index contributed by atoms with van der Waals surface area (Å²) in [6, 6.07) is 7.60. The van der Waals surface area contributed by atoms with Gasteiger partial charge in [0.1, 0.15) is 12.1 Å². The summed E-state index contributed by atoms with van der Waals surface area (Å²) < 4.78 is 7.58. The van der Waals surface area contributed by atoms with Gasteiger partial charge in [-0.1, -0.05) is 23.7 Å². The number of rotatable bonds is 2. The first-order valence-electron chi connectivity index (χ1n) is 7.97. The van der Waals surface area contributed by atoms with Crippen LogP contribution in [0.3, 0.4) is 0 Å². The highest BCUT2D eigenvalue weighted by atomic mass is 35.5. The van der Waals surface area contributed by atoms with Gasteiger partial charge in [0.25, 0.3) is 0 Å². The highest BCUT2D eigenvalue weighted by molar-refractivity contribution is 6.32. The molecule has 2 aromatic heterocycles. The van der Waals surface area contributed by atoms with E-state index in [0.29, 0.717) is 5.02 Å². The Balaban J connectivity index is 1.81. The van der Waals surface area contributed by atoms with Crippen molar-refractivity contribution in [3.63, 3.8) is 0 Å². The normalized spacial score (nSPS) is 21.4. The molecule has 0 saturated carbocycles. The average molecular weight is 344 g/mol. The van der Waals surface area contributed by atoms with Gasteiger partial charge >= 0.3 is 0 Å². The Morgan fingerprint density at radius 1 is 1.12 bits per heavy atom. The van der Waals surface area contributed by atoms with Gasteiger partial charge in [0.05, 0.1) is 34.5 Å². The number of nitrogens with zero attached hydrogens (tertiary/aromatic N) is 5. The van der Waals surface area contributed by atoms with Gasteiger partial charge < -0.3 is 9.64 Å². The fourth-order valence-corrected chi connectivity index (χ4v) is 3.45. The van der Waals surface area contributed by atoms with Crippen LogP contribution in [0.15, 0.2) is 36.8 Å². The molecule has 0 radical (unpaired) electrons. The lowest BCUT2D eigenvalue weighted by atomic mass is 10.2. The summed E-state index contributed by atoms with van der Waals surface area (Å²) in [4.78, 5) is 11.2. The number of halogens is 1. The first-order chi connectivity index (χ1) is 11.6. The Labute approximate surface area is 145 Å². The predicted molar refractivity (Wildman–Crippen MR) is 93.9 cm³/mol. The standard InChI is InChI=1S/C17H18ClN5O/c1-11-8-22(9-12(2)24-11)16-13-7-21-23(17(13)20-10-19-16)15-6-4-3-5-14(15)18/h3-7,10-12H,8-9H2,1-2H3. The Kier molecular flexibility index (Phi) is 3.86. The van der Waals surface area contributed by atoms with Gasteiger partial charge in [-0.15, -0.1) is 0 Å². The topological polar surface area (TPSA) is 56.1 Å². The van der Waals surface area contributed by atoms with Gasteiger partial charge in [0.2, 0.25) is 0 Å². The van der Waals surface area contributed by atoms with Crippen molar-refractivity contribution in [3.8, 4) is 5.69 Å². The summed E-state index contributed by atoms with van der Waals surface area (Å²) in [6.45, 7) is 5.75. The molecule has 1 saturated heterocycles. The number of ether oxygens (including phenoxy) is 1. The third-order valence-corrected chi connectivity index (χ3v) is 4.46. The van der Waals surface area contributed by atoms with Crippen molar-refractivity contribution in [2.24, 2.45) is 0 Å². The summed E-state index contributed by atoms with van der Waals surface area (Å²) in [5.41, 5.74) is 1.56. The van der Waals surface area contributed by atoms with Gasteiger partial charge in [-0.25, -0.2) is 14.6 Å². The molecule has 2 atom stereocenters. The number of hydrogen-bond acceptors (Lipinski definition) is 5. The van der Waals surface area contributed by atoms with E-state index in [2.05, 4.69) is 33.8 Å². The first-order valence-corrected chi connectivity index (χ1v) is 8.35. The largest absolute Gasteiger partial charge is 0.372 e. The van der Waals surface area contributed by atoms with Crippen molar-refractivity contribution in [1.82, 2.24) is 19.7 Å². The van der Waals surface area contributed by atoms with E-state index < -0.39 is 0 Å². The molecule has 1 fully saturated rings. The highest BCUT2D eigenvalue weighted by Gasteiger charge is 2.25. The number of morpholine rings is 1. The van der Waals surface area contributed by atoms with E-state index in [0.717, 1.165) is 35.6 Å². The molecule has 124 valence electrons. The zero-order chi connectivity index (χ0) is 16.7. The summed E-state index contributed by atoms with van der Waals surface area (Å²) >= 11 is 6.31. The van der Waals surface area contributed by atoms with Gasteiger partial charge in [-0.2, -0.15) is 5.10 Å². The quantitative estimate of drug-likeness (QED) is 0.715. The molecule has 1 aliphatic rings. The molecule has 4 rings (SSSR count). The summed E-state index contributed by atoms with van der Waals surface area (Å²) in [6.07, 6.45) is 3.71. The molecule has 24 heavy (non-hydrogen) atoms. The maximum atomic E-state index is 6.31. The molecule has 7 heteroatoms. The maximum Gasteiger partial charge on any atom is 0.168 e. The van der Waals surface area contributed by atoms with Crippen LogP contribution < -0.4 is 4.90 Å². The van der Waals surface area contributed by atoms with Crippen molar-refractivity contribution in [2.45, 2.75) is 26.1 Å². The molecule has 0 aliphatic carbocycles. The van der Waals surface area contributed by atoms with Crippen molar-refractivity contribution in [3.05, 3.63) is 41.8 Å². The summed E-state index contributed by atoms with van der Waals surface area (Å²) in [5.74, 6) is 0.889. The number of fused-ring (bicyclic) bond motifs is 1. The highest BCUT2D eigenvalue weighted by Crippen LogP contribution is 2.28. The van der Waals surface area contributed by atoms with Crippen molar-refractivity contribution >= 4 is 28.5 Å². The number of aromatic nitrogens is 4. The minimum absolute atomic E-state index is 0.164. The SMILES string of the molecule is CC1CN(c2ncnc3c2cnn3-c2ccccc2Cl)CC(C)O1. The monoisotopic (exact) mass is 343 g/mol. The van der Waals surface area contributed by atoms with E-state index in [9.17, 15) is 0 Å². The zero-order valence-corrected chi connectivity index (χ0v) is 14.3. The molecule has 0 bridgehead atoms. The summed E-state index contributed by atoms with van der Waals surface area (Å²) in [5, 5.41) is 6.04. The average Bonchev–Trinajstić information content (AvgIpc) is 2.98. The van der Waals surface area contributed by atoms with E-state index >= 15 is 0 Å². The van der Waals surface area contributed by atoms with E-state index in [4.69, 9.17) is 16.3 Å². The van der Waals surface area contributed by atoms with E-state index in [1.165, 1.54) is 0 Å². The Morgan fingerprint density at radius 3 is 2.62 bits per heavy atom. The van der Waals surface area contributed by atoms with Crippen molar-refractivity contribution in [1.29, 1.82) is 0 Å². The van der Waals surface area contributed by atoms with Gasteiger partial charge in [0.15, 0.2) is 5.65 Å². The fraction of sp³-hybridized carbons (Fsp3) is 0.353. The molecule has 0 spiro atoms. The lowest BCUT2D eigenvalue weighted by Crippen LogP contribution is -2.45. The van der Waals surface area contributed by atoms with Crippen LogP contribution in [0, 0.1) is 0 Å². The maximum absolute atomic E-state index is 6.31. The lowest BCUT2D eigenvalue weighted by molar-refractivity contribution is -0.00537. The van der Waals surface area contributed by atoms with Crippen LogP contribution in [0.4, 0.5) is 5.82 Å². The van der Waals surface area contributed by atoms with E-state index in [-0.39, 0.29) is 12.2 Å². The molecule has 2 unspecified atom stereocenters. The summed E-state index contributed by atoms with van der Waals surface area (Å²) in [7, 11) is 0. The molecule has 0 amide bonds. The van der Waals surface area contributed by atoms with Crippen LogP contribution in [-0.4, -0.2) is 45.0 Å². The first kappa shape index (κ1) is 15.4. The second-order valence-electron chi connectivity index (χ2n) is 6.10. The number of hydrogen-bond donors (Lipinski definition) is 0. The molecular weight excluding hydrogens is 326 g/mol. The minimum atomic E-state index is 0.164. The van der Waals surface area contributed by atoms with Gasteiger partial charge in [-0.3, -0.25) is 0 Å². The van der Waals surface area contributed by atoms with Crippen LogP contribution in [0.5, 0.6) is 0 Å². The Morgan fingerprint density at radius 2 is 1.88 bits per heavy atom. The molecule has 6 nitrogen and oxygen atoms in total. The number of anilines is 1. The Hall–Kier alpha value is -2.18. The third kappa shape index (κ3) is 2.61. The predicted octanol–water partition coefficient (Wildman–Crippen LogP) is 3.08. The second kappa shape index (κ2) is 6.03. The molecule has 0 N–H and O–H groups in total. The van der Waals surface area contributed by atoms with E-state index in [1.54, 1.807) is 17.2 Å². The van der Waals surface area contributed by atoms with Gasteiger partial charge in [0, 0.05) is 13.1 Å². The Bertz CT molecular complexity index is 870. The third-order valence-electron chi connectivity index (χ3n) is 4.14. The van der Waals surface area contributed by atoms with Crippen LogP contribution in [0.1, 0.15) is 13.8 Å². The molecule has 1 aliphatic heterocycles. The van der Waals surface area contributed by atoms with Crippen LogP contribution in [-0.2, 0) is 4.74 Å². The van der Waals surface area contributed by atoms with E-state index in [1.807, 2.05) is 24.3 Å². The fourth-order valence-electron chi connectivity index (χ4n) is 3.23. The minimum Gasteiger partial charge on any atom is -0.372 e.